The number of ether oxygens (including phenoxy) is 2. The lowest BCUT2D eigenvalue weighted by molar-refractivity contribution is -0.117. The zero-order chi connectivity index (χ0) is 20.8. The van der Waals surface area contributed by atoms with Gasteiger partial charge in [-0.05, 0) is 58.8 Å². The molecule has 0 heterocycles. The minimum absolute atomic E-state index is 0.217. The number of hydrazine groups is 1. The number of halogens is 1. The van der Waals surface area contributed by atoms with E-state index in [1.807, 2.05) is 36.4 Å². The Morgan fingerprint density at radius 2 is 1.66 bits per heavy atom. The summed E-state index contributed by atoms with van der Waals surface area (Å²) in [7, 11) is 3.07. The molecule has 0 saturated heterocycles. The molecule has 0 aliphatic rings. The van der Waals surface area contributed by atoms with E-state index in [2.05, 4.69) is 10.9 Å². The van der Waals surface area contributed by atoms with E-state index in [1.54, 1.807) is 25.3 Å². The van der Waals surface area contributed by atoms with Gasteiger partial charge in [-0.2, -0.15) is 0 Å². The Kier molecular flexibility index (Phi) is 6.36. The summed E-state index contributed by atoms with van der Waals surface area (Å²) >= 11 is 5.92. The molecule has 0 unspecified atom stereocenters. The lowest BCUT2D eigenvalue weighted by atomic mass is 10.1. The van der Waals surface area contributed by atoms with Crippen LogP contribution in [0, 0.1) is 0 Å². The van der Waals surface area contributed by atoms with Crippen LogP contribution in [0.4, 0.5) is 0 Å². The average molecular weight is 411 g/mol. The highest BCUT2D eigenvalue weighted by Crippen LogP contribution is 2.23. The van der Waals surface area contributed by atoms with E-state index >= 15 is 0 Å². The standard InChI is InChI=1S/C22H19ClN2O4/c1-28-18-8-6-15-11-14(3-5-16(15)12-18)4-10-21(26)24-25-22(27)19-13-17(23)7-9-20(19)29-2/h3-13H,1-2H3,(H,24,26)(H,25,27)/b10-4+. The zero-order valence-electron chi connectivity index (χ0n) is 15.9. The van der Waals surface area contributed by atoms with Crippen LogP contribution in [0.15, 0.2) is 60.7 Å². The highest BCUT2D eigenvalue weighted by atomic mass is 35.5. The van der Waals surface area contributed by atoms with E-state index in [4.69, 9.17) is 21.1 Å². The van der Waals surface area contributed by atoms with Crippen LogP contribution >= 0.6 is 11.6 Å². The van der Waals surface area contributed by atoms with Crippen molar-refractivity contribution in [3.8, 4) is 11.5 Å². The van der Waals surface area contributed by atoms with E-state index in [9.17, 15) is 9.59 Å². The second kappa shape index (κ2) is 9.12. The third-order valence-corrected chi connectivity index (χ3v) is 4.44. The number of nitrogens with one attached hydrogen (secondary N) is 2. The number of benzene rings is 3. The van der Waals surface area contributed by atoms with Crippen molar-refractivity contribution >= 4 is 40.3 Å². The zero-order valence-corrected chi connectivity index (χ0v) is 16.6. The van der Waals surface area contributed by atoms with Crippen LogP contribution in [0.5, 0.6) is 11.5 Å². The summed E-state index contributed by atoms with van der Waals surface area (Å²) in [5, 5.41) is 2.44. The van der Waals surface area contributed by atoms with Gasteiger partial charge in [0.2, 0.25) is 0 Å². The van der Waals surface area contributed by atoms with Gasteiger partial charge in [0.25, 0.3) is 11.8 Å². The SMILES string of the molecule is COc1ccc2cc(/C=C/C(=O)NNC(=O)c3cc(Cl)ccc3OC)ccc2c1. The fourth-order valence-electron chi connectivity index (χ4n) is 2.73. The van der Waals surface area contributed by atoms with Crippen LogP contribution < -0.4 is 20.3 Å². The Labute approximate surface area is 173 Å². The molecular weight excluding hydrogens is 392 g/mol. The van der Waals surface area contributed by atoms with Gasteiger partial charge in [0.15, 0.2) is 0 Å². The number of carbonyl (C=O) groups excluding carboxylic acids is 2. The van der Waals surface area contributed by atoms with Gasteiger partial charge >= 0.3 is 0 Å². The van der Waals surface area contributed by atoms with Crippen molar-refractivity contribution in [3.63, 3.8) is 0 Å². The molecule has 3 rings (SSSR count). The summed E-state index contributed by atoms with van der Waals surface area (Å²) in [5.41, 5.74) is 5.74. The molecular formula is C22H19ClN2O4. The first-order valence-corrected chi connectivity index (χ1v) is 9.07. The predicted molar refractivity (Wildman–Crippen MR) is 113 cm³/mol. The topological polar surface area (TPSA) is 76.7 Å². The maximum atomic E-state index is 12.3. The first-order valence-electron chi connectivity index (χ1n) is 8.70. The number of rotatable bonds is 5. The van der Waals surface area contributed by atoms with Gasteiger partial charge in [0.1, 0.15) is 11.5 Å². The first kappa shape index (κ1) is 20.2. The van der Waals surface area contributed by atoms with Crippen molar-refractivity contribution in [2.24, 2.45) is 0 Å². The van der Waals surface area contributed by atoms with Crippen LogP contribution in [0.25, 0.3) is 16.8 Å². The molecule has 0 bridgehead atoms. The van der Waals surface area contributed by atoms with E-state index in [0.717, 1.165) is 22.1 Å². The van der Waals surface area contributed by atoms with E-state index < -0.39 is 11.8 Å². The second-order valence-corrected chi connectivity index (χ2v) is 6.53. The molecule has 0 spiro atoms. The Morgan fingerprint density at radius 3 is 2.41 bits per heavy atom. The number of amides is 2. The summed E-state index contributed by atoms with van der Waals surface area (Å²) in [6.07, 6.45) is 2.99. The molecule has 0 aliphatic carbocycles. The lowest BCUT2D eigenvalue weighted by Gasteiger charge is -2.09. The van der Waals surface area contributed by atoms with Gasteiger partial charge in [-0.3, -0.25) is 20.4 Å². The third kappa shape index (κ3) is 5.06. The smallest absolute Gasteiger partial charge is 0.273 e. The molecule has 0 radical (unpaired) electrons. The second-order valence-electron chi connectivity index (χ2n) is 6.09. The van der Waals surface area contributed by atoms with Gasteiger partial charge in [-0.15, -0.1) is 0 Å². The average Bonchev–Trinajstić information content (AvgIpc) is 2.75. The molecule has 29 heavy (non-hydrogen) atoms. The Morgan fingerprint density at radius 1 is 0.897 bits per heavy atom. The van der Waals surface area contributed by atoms with E-state index in [0.29, 0.717) is 10.8 Å². The van der Waals surface area contributed by atoms with Gasteiger partial charge in [-0.25, -0.2) is 0 Å². The van der Waals surface area contributed by atoms with Crippen LogP contribution in [-0.4, -0.2) is 26.0 Å². The normalized spacial score (nSPS) is 10.7. The summed E-state index contributed by atoms with van der Waals surface area (Å²) in [6.45, 7) is 0. The maximum absolute atomic E-state index is 12.3. The number of hydrogen-bond acceptors (Lipinski definition) is 4. The fraction of sp³-hybridized carbons (Fsp3) is 0.0909. The van der Waals surface area contributed by atoms with Gasteiger partial charge in [0, 0.05) is 11.1 Å². The van der Waals surface area contributed by atoms with Crippen molar-refractivity contribution < 1.29 is 19.1 Å². The quantitative estimate of drug-likeness (QED) is 0.492. The highest BCUT2D eigenvalue weighted by molar-refractivity contribution is 6.31. The minimum atomic E-state index is -0.536. The number of methoxy groups -OCH3 is 2. The van der Waals surface area contributed by atoms with Crippen molar-refractivity contribution in [1.29, 1.82) is 0 Å². The molecule has 3 aromatic carbocycles. The van der Waals surface area contributed by atoms with Gasteiger partial charge in [0.05, 0.1) is 19.8 Å². The maximum Gasteiger partial charge on any atom is 0.273 e. The lowest BCUT2D eigenvalue weighted by Crippen LogP contribution is -2.40. The minimum Gasteiger partial charge on any atom is -0.497 e. The highest BCUT2D eigenvalue weighted by Gasteiger charge is 2.13. The van der Waals surface area contributed by atoms with Crippen LogP contribution in [0.2, 0.25) is 5.02 Å². The first-order chi connectivity index (χ1) is 14.0. The van der Waals surface area contributed by atoms with Crippen molar-refractivity contribution in [1.82, 2.24) is 10.9 Å². The Hall–Kier alpha value is -3.51. The summed E-state index contributed by atoms with van der Waals surface area (Å²) in [6, 6.07) is 16.2. The number of carbonyl (C=O) groups is 2. The molecule has 0 saturated carbocycles. The van der Waals surface area contributed by atoms with Gasteiger partial charge < -0.3 is 9.47 Å². The third-order valence-electron chi connectivity index (χ3n) is 4.20. The van der Waals surface area contributed by atoms with Crippen LogP contribution in [0.1, 0.15) is 15.9 Å². The molecule has 0 fully saturated rings. The summed E-state index contributed by atoms with van der Waals surface area (Å²) in [5.74, 6) is 0.122. The molecule has 0 atom stereocenters. The monoisotopic (exact) mass is 410 g/mol. The number of hydrogen-bond donors (Lipinski definition) is 2. The molecule has 3 aromatic rings. The van der Waals surface area contributed by atoms with E-state index in [1.165, 1.54) is 19.3 Å². The predicted octanol–water partition coefficient (Wildman–Crippen LogP) is 3.98. The number of fused-ring (bicyclic) bond motifs is 1. The van der Waals surface area contributed by atoms with Gasteiger partial charge in [-0.1, -0.05) is 29.8 Å². The molecule has 0 aromatic heterocycles. The largest absolute Gasteiger partial charge is 0.497 e. The van der Waals surface area contributed by atoms with Crippen molar-refractivity contribution in [2.45, 2.75) is 0 Å². The fourth-order valence-corrected chi connectivity index (χ4v) is 2.90. The summed E-state index contributed by atoms with van der Waals surface area (Å²) in [4.78, 5) is 24.3. The van der Waals surface area contributed by atoms with Crippen LogP contribution in [0.3, 0.4) is 0 Å². The molecule has 2 N–H and O–H groups in total. The molecule has 6 nitrogen and oxygen atoms in total. The molecule has 7 heteroatoms. The molecule has 0 aliphatic heterocycles. The molecule has 2 amide bonds. The van der Waals surface area contributed by atoms with Crippen molar-refractivity contribution in [3.05, 3.63) is 76.8 Å². The summed E-state index contributed by atoms with van der Waals surface area (Å²) < 4.78 is 10.3. The molecule has 148 valence electrons. The Bertz CT molecular complexity index is 1100. The van der Waals surface area contributed by atoms with E-state index in [-0.39, 0.29) is 5.56 Å². The van der Waals surface area contributed by atoms with Crippen molar-refractivity contribution in [2.75, 3.05) is 14.2 Å². The Balaban J connectivity index is 1.63. The van der Waals surface area contributed by atoms with Crippen LogP contribution in [-0.2, 0) is 4.79 Å².